The Morgan fingerprint density at radius 1 is 1.10 bits per heavy atom. The van der Waals surface area contributed by atoms with E-state index in [1.165, 1.54) is 10.9 Å². The predicted octanol–water partition coefficient (Wildman–Crippen LogP) is 4.79. The molecule has 4 heteroatoms. The van der Waals surface area contributed by atoms with E-state index >= 15 is 0 Å². The van der Waals surface area contributed by atoms with Crippen molar-refractivity contribution in [2.75, 3.05) is 0 Å². The first-order valence-corrected chi connectivity index (χ1v) is 7.43. The van der Waals surface area contributed by atoms with Crippen LogP contribution in [0.3, 0.4) is 0 Å². The predicted molar refractivity (Wildman–Crippen MR) is 89.0 cm³/mol. The van der Waals surface area contributed by atoms with Crippen molar-refractivity contribution in [2.45, 2.75) is 26.7 Å². The molecule has 0 saturated heterocycles. The van der Waals surface area contributed by atoms with E-state index in [1.807, 2.05) is 24.3 Å². The van der Waals surface area contributed by atoms with Gasteiger partial charge >= 0.3 is 0 Å². The average molecular weight is 295 g/mol. The highest BCUT2D eigenvalue weighted by molar-refractivity contribution is 7.71. The summed E-state index contributed by atoms with van der Waals surface area (Å²) in [6.07, 6.45) is 0. The van der Waals surface area contributed by atoms with E-state index in [0.29, 0.717) is 10.6 Å². The van der Waals surface area contributed by atoms with Gasteiger partial charge < -0.3 is 4.98 Å². The van der Waals surface area contributed by atoms with Crippen molar-refractivity contribution in [1.82, 2.24) is 15.0 Å². The van der Waals surface area contributed by atoms with Gasteiger partial charge in [0.15, 0.2) is 5.82 Å². The van der Waals surface area contributed by atoms with E-state index in [4.69, 9.17) is 17.2 Å². The van der Waals surface area contributed by atoms with Crippen LogP contribution in [0.25, 0.3) is 22.4 Å². The molecule has 0 aliphatic rings. The number of hydrogen-bond acceptors (Lipinski definition) is 3. The molecule has 0 fully saturated rings. The van der Waals surface area contributed by atoms with Crippen molar-refractivity contribution in [3.05, 3.63) is 52.3 Å². The standard InChI is InChI=1S/C17H17N3S/c1-10(2)14-9-16(21)20-17(19-14)15-8-11(3)12-6-4-5-7-13(12)18-15/h4-10H,1-3H3,(H,19,20,21). The Morgan fingerprint density at radius 2 is 1.86 bits per heavy atom. The van der Waals surface area contributed by atoms with Crippen molar-refractivity contribution in [3.63, 3.8) is 0 Å². The number of aromatic nitrogens is 3. The molecule has 1 aromatic carbocycles. The van der Waals surface area contributed by atoms with Gasteiger partial charge in [-0.1, -0.05) is 44.3 Å². The molecule has 0 radical (unpaired) electrons. The fourth-order valence-electron chi connectivity index (χ4n) is 2.38. The second-order valence-corrected chi connectivity index (χ2v) is 5.94. The zero-order valence-electron chi connectivity index (χ0n) is 12.3. The summed E-state index contributed by atoms with van der Waals surface area (Å²) in [7, 11) is 0. The van der Waals surface area contributed by atoms with Crippen LogP contribution in [-0.4, -0.2) is 15.0 Å². The van der Waals surface area contributed by atoms with E-state index in [1.54, 1.807) is 0 Å². The smallest absolute Gasteiger partial charge is 0.157 e. The van der Waals surface area contributed by atoms with Gasteiger partial charge in [0.1, 0.15) is 10.3 Å². The largest absolute Gasteiger partial charge is 0.342 e. The molecule has 0 amide bonds. The number of H-pyrrole nitrogens is 1. The lowest BCUT2D eigenvalue weighted by Gasteiger charge is -2.10. The zero-order chi connectivity index (χ0) is 15.0. The molecule has 0 bridgehead atoms. The quantitative estimate of drug-likeness (QED) is 0.691. The number of nitrogens with one attached hydrogen (secondary N) is 1. The summed E-state index contributed by atoms with van der Waals surface area (Å²) in [5.41, 5.74) is 4.08. The Hall–Kier alpha value is -2.07. The molecule has 0 spiro atoms. The molecule has 2 aromatic heterocycles. The Labute approximate surface area is 129 Å². The molecule has 0 atom stereocenters. The summed E-state index contributed by atoms with van der Waals surface area (Å²) in [5, 5.41) is 1.17. The molecule has 0 saturated carbocycles. The van der Waals surface area contributed by atoms with Gasteiger partial charge in [0, 0.05) is 11.1 Å². The van der Waals surface area contributed by atoms with Crippen LogP contribution in [0.2, 0.25) is 0 Å². The third-order valence-corrected chi connectivity index (χ3v) is 3.76. The summed E-state index contributed by atoms with van der Waals surface area (Å²) >= 11 is 5.28. The Kier molecular flexibility index (Phi) is 3.55. The number of pyridine rings is 1. The molecule has 0 aliphatic heterocycles. The third-order valence-electron chi connectivity index (χ3n) is 3.55. The number of aryl methyl sites for hydroxylation is 1. The maximum absolute atomic E-state index is 5.28. The first-order valence-electron chi connectivity index (χ1n) is 7.02. The molecule has 3 nitrogen and oxygen atoms in total. The first kappa shape index (κ1) is 13.9. The molecule has 0 aliphatic carbocycles. The topological polar surface area (TPSA) is 41.6 Å². The lowest BCUT2D eigenvalue weighted by Crippen LogP contribution is -2.00. The minimum atomic E-state index is 0.370. The van der Waals surface area contributed by atoms with Crippen LogP contribution in [0.5, 0.6) is 0 Å². The summed E-state index contributed by atoms with van der Waals surface area (Å²) in [4.78, 5) is 12.5. The van der Waals surface area contributed by atoms with Crippen LogP contribution in [0.1, 0.15) is 31.0 Å². The van der Waals surface area contributed by atoms with Crippen LogP contribution in [0, 0.1) is 11.6 Å². The molecule has 0 unspecified atom stereocenters. The average Bonchev–Trinajstić information content (AvgIpc) is 2.46. The van der Waals surface area contributed by atoms with E-state index in [9.17, 15) is 0 Å². The van der Waals surface area contributed by atoms with Crippen molar-refractivity contribution in [1.29, 1.82) is 0 Å². The molecule has 1 N–H and O–H groups in total. The minimum absolute atomic E-state index is 0.370. The number of fused-ring (bicyclic) bond motifs is 1. The van der Waals surface area contributed by atoms with E-state index < -0.39 is 0 Å². The van der Waals surface area contributed by atoms with Gasteiger partial charge in [-0.25, -0.2) is 9.97 Å². The molecular formula is C17H17N3S. The van der Waals surface area contributed by atoms with Gasteiger partial charge in [-0.2, -0.15) is 0 Å². The Morgan fingerprint density at radius 3 is 2.62 bits per heavy atom. The summed E-state index contributed by atoms with van der Waals surface area (Å²) < 4.78 is 0.597. The third kappa shape index (κ3) is 2.72. The molecule has 2 heterocycles. The van der Waals surface area contributed by atoms with Crippen molar-refractivity contribution < 1.29 is 0 Å². The monoisotopic (exact) mass is 295 g/mol. The van der Waals surface area contributed by atoms with Crippen LogP contribution < -0.4 is 0 Å². The molecule has 3 rings (SSSR count). The lowest BCUT2D eigenvalue weighted by atomic mass is 10.1. The number of benzene rings is 1. The highest BCUT2D eigenvalue weighted by Gasteiger charge is 2.09. The van der Waals surface area contributed by atoms with Gasteiger partial charge in [0.05, 0.1) is 5.52 Å². The van der Waals surface area contributed by atoms with Crippen LogP contribution in [-0.2, 0) is 0 Å². The maximum atomic E-state index is 5.28. The van der Waals surface area contributed by atoms with Crippen LogP contribution in [0.15, 0.2) is 36.4 Å². The number of hydrogen-bond donors (Lipinski definition) is 1. The Bertz CT molecular complexity index is 865. The van der Waals surface area contributed by atoms with Crippen molar-refractivity contribution in [3.8, 4) is 11.5 Å². The summed E-state index contributed by atoms with van der Waals surface area (Å²) in [6, 6.07) is 12.1. The van der Waals surface area contributed by atoms with Gasteiger partial charge in [-0.05, 0) is 36.6 Å². The normalized spacial score (nSPS) is 11.2. The number of rotatable bonds is 2. The Balaban J connectivity index is 2.23. The minimum Gasteiger partial charge on any atom is -0.342 e. The maximum Gasteiger partial charge on any atom is 0.157 e. The van der Waals surface area contributed by atoms with E-state index in [-0.39, 0.29) is 0 Å². The van der Waals surface area contributed by atoms with Gasteiger partial charge in [-0.3, -0.25) is 0 Å². The zero-order valence-corrected chi connectivity index (χ0v) is 13.2. The fourth-order valence-corrected chi connectivity index (χ4v) is 2.60. The molecule has 106 valence electrons. The van der Waals surface area contributed by atoms with Crippen molar-refractivity contribution >= 4 is 23.1 Å². The molecule has 3 aromatic rings. The van der Waals surface area contributed by atoms with Gasteiger partial charge in [0.25, 0.3) is 0 Å². The highest BCUT2D eigenvalue weighted by atomic mass is 32.1. The van der Waals surface area contributed by atoms with Crippen LogP contribution >= 0.6 is 12.2 Å². The molecule has 21 heavy (non-hydrogen) atoms. The highest BCUT2D eigenvalue weighted by Crippen LogP contribution is 2.23. The summed E-state index contributed by atoms with van der Waals surface area (Å²) in [6.45, 7) is 6.35. The van der Waals surface area contributed by atoms with Crippen LogP contribution in [0.4, 0.5) is 0 Å². The second-order valence-electron chi connectivity index (χ2n) is 5.52. The van der Waals surface area contributed by atoms with E-state index in [0.717, 1.165) is 22.7 Å². The SMILES string of the molecule is Cc1cc(-c2nc(=S)cc(C(C)C)[nH]2)nc2ccccc12. The lowest BCUT2D eigenvalue weighted by molar-refractivity contribution is 0.814. The second kappa shape index (κ2) is 5.37. The number of para-hydroxylation sites is 1. The van der Waals surface area contributed by atoms with Gasteiger partial charge in [-0.15, -0.1) is 0 Å². The summed E-state index contributed by atoms with van der Waals surface area (Å²) in [5.74, 6) is 1.11. The fraction of sp³-hybridized carbons (Fsp3) is 0.235. The van der Waals surface area contributed by atoms with E-state index in [2.05, 4.69) is 42.9 Å². The number of nitrogens with zero attached hydrogens (tertiary/aromatic N) is 2. The number of aromatic amines is 1. The first-order chi connectivity index (χ1) is 10.0. The van der Waals surface area contributed by atoms with Gasteiger partial charge in [0.2, 0.25) is 0 Å². The molecular weight excluding hydrogens is 278 g/mol. The van der Waals surface area contributed by atoms with Crippen molar-refractivity contribution in [2.24, 2.45) is 0 Å².